The Balaban J connectivity index is 2.15. The second kappa shape index (κ2) is 11.4. The SMILES string of the molecule is [2H]C([2H])([2H])NS(=O)(=O)Nc1cccc(Oc2c(C(=O)NC(C)C)c(Nc3ccc(C#C)cc3F)n(C)c(=O)c2C)c1. The van der Waals surface area contributed by atoms with Crippen LogP contribution in [-0.4, -0.2) is 31.9 Å². The van der Waals surface area contributed by atoms with E-state index in [9.17, 15) is 22.4 Å². The molecule has 0 spiro atoms. The van der Waals surface area contributed by atoms with E-state index in [0.717, 1.165) is 10.6 Å². The molecule has 10 nitrogen and oxygen atoms in total. The van der Waals surface area contributed by atoms with Gasteiger partial charge in [-0.2, -0.15) is 8.42 Å². The number of halogens is 1. The maximum absolute atomic E-state index is 14.8. The quantitative estimate of drug-likeness (QED) is 0.306. The second-order valence-corrected chi connectivity index (χ2v) is 9.89. The number of aromatic nitrogens is 1. The summed E-state index contributed by atoms with van der Waals surface area (Å²) in [5.41, 5.74) is -0.507. The van der Waals surface area contributed by atoms with Crippen molar-refractivity contribution in [3.8, 4) is 23.8 Å². The van der Waals surface area contributed by atoms with Crippen LogP contribution in [0, 0.1) is 25.1 Å². The summed E-state index contributed by atoms with van der Waals surface area (Å²) in [7, 11) is -3.08. The van der Waals surface area contributed by atoms with Crippen LogP contribution in [0.3, 0.4) is 0 Å². The van der Waals surface area contributed by atoms with E-state index < -0.39 is 34.5 Å². The molecule has 3 aromatic rings. The molecule has 3 rings (SSSR count). The Hall–Kier alpha value is -4.34. The lowest BCUT2D eigenvalue weighted by atomic mass is 10.1. The standard InChI is InChI=1S/C26H28FN5O5S/c1-7-17-11-12-21(20(27)13-17)30-24-22(25(33)29-15(2)3)23(16(4)26(34)32(24)6)37-19-10-8-9-18(14-19)31-38(35,36)28-5/h1,8-15,28,30-31H,2-6H3,(H,29,33)/i5D3. The van der Waals surface area contributed by atoms with Gasteiger partial charge in [0.25, 0.3) is 21.7 Å². The molecule has 0 bridgehead atoms. The Morgan fingerprint density at radius 2 is 1.97 bits per heavy atom. The molecular weight excluding hydrogens is 513 g/mol. The van der Waals surface area contributed by atoms with Crippen LogP contribution >= 0.6 is 0 Å². The lowest BCUT2D eigenvalue weighted by Crippen LogP contribution is -2.34. The topological polar surface area (TPSA) is 131 Å². The summed E-state index contributed by atoms with van der Waals surface area (Å²) in [6.45, 7) is 1.91. The van der Waals surface area contributed by atoms with E-state index in [2.05, 4.69) is 21.3 Å². The molecule has 0 aliphatic rings. The molecule has 0 radical (unpaired) electrons. The number of hydrogen-bond acceptors (Lipinski definition) is 6. The van der Waals surface area contributed by atoms with Gasteiger partial charge in [0.05, 0.1) is 16.9 Å². The van der Waals surface area contributed by atoms with Crippen molar-refractivity contribution in [3.63, 3.8) is 0 Å². The van der Waals surface area contributed by atoms with Crippen molar-refractivity contribution >= 4 is 33.3 Å². The number of rotatable bonds is 9. The van der Waals surface area contributed by atoms with Crippen LogP contribution in [0.25, 0.3) is 0 Å². The third kappa shape index (κ3) is 6.31. The summed E-state index contributed by atoms with van der Waals surface area (Å²) in [5.74, 6) is 0.704. The Morgan fingerprint density at radius 3 is 2.61 bits per heavy atom. The average Bonchev–Trinajstić information content (AvgIpc) is 2.84. The maximum atomic E-state index is 14.8. The Bertz CT molecular complexity index is 1700. The molecule has 0 aliphatic carbocycles. The van der Waals surface area contributed by atoms with E-state index in [4.69, 9.17) is 15.3 Å². The van der Waals surface area contributed by atoms with Crippen molar-refractivity contribution in [1.29, 1.82) is 0 Å². The van der Waals surface area contributed by atoms with Gasteiger partial charge in [0, 0.05) is 35.8 Å². The van der Waals surface area contributed by atoms with Gasteiger partial charge in [-0.05, 0) is 51.1 Å². The van der Waals surface area contributed by atoms with Gasteiger partial charge in [-0.15, -0.1) is 6.42 Å². The molecule has 200 valence electrons. The summed E-state index contributed by atoms with van der Waals surface area (Å²) in [6, 6.07) is 9.05. The minimum absolute atomic E-state index is 0.00420. The zero-order valence-electron chi connectivity index (χ0n) is 24.0. The third-order valence-electron chi connectivity index (χ3n) is 5.24. The molecule has 1 aromatic heterocycles. The highest BCUT2D eigenvalue weighted by molar-refractivity contribution is 7.90. The van der Waals surface area contributed by atoms with Crippen molar-refractivity contribution in [2.45, 2.75) is 26.8 Å². The molecule has 0 saturated heterocycles. The number of amides is 1. The van der Waals surface area contributed by atoms with Gasteiger partial charge in [-0.3, -0.25) is 18.9 Å². The van der Waals surface area contributed by atoms with Gasteiger partial charge in [-0.1, -0.05) is 12.0 Å². The van der Waals surface area contributed by atoms with Crippen molar-refractivity contribution in [2.24, 2.45) is 7.05 Å². The van der Waals surface area contributed by atoms with Crippen LogP contribution < -0.4 is 30.4 Å². The van der Waals surface area contributed by atoms with E-state index in [1.165, 1.54) is 55.1 Å². The first kappa shape index (κ1) is 24.0. The van der Waals surface area contributed by atoms with Crippen LogP contribution in [-0.2, 0) is 17.3 Å². The van der Waals surface area contributed by atoms with E-state index in [-0.39, 0.29) is 51.4 Å². The average molecular weight is 545 g/mol. The number of benzene rings is 2. The van der Waals surface area contributed by atoms with Crippen LogP contribution in [0.15, 0.2) is 47.3 Å². The summed E-state index contributed by atoms with van der Waals surface area (Å²) in [4.78, 5) is 26.6. The Morgan fingerprint density at radius 1 is 1.24 bits per heavy atom. The minimum Gasteiger partial charge on any atom is -0.456 e. The highest BCUT2D eigenvalue weighted by atomic mass is 32.2. The molecule has 0 atom stereocenters. The molecule has 4 N–H and O–H groups in total. The molecule has 1 amide bonds. The number of terminal acetylenes is 1. The predicted octanol–water partition coefficient (Wildman–Crippen LogP) is 3.36. The van der Waals surface area contributed by atoms with Gasteiger partial charge in [0.2, 0.25) is 0 Å². The van der Waals surface area contributed by atoms with Crippen LogP contribution in [0.5, 0.6) is 11.5 Å². The predicted molar refractivity (Wildman–Crippen MR) is 145 cm³/mol. The smallest absolute Gasteiger partial charge is 0.298 e. The fourth-order valence-corrected chi connectivity index (χ4v) is 3.98. The van der Waals surface area contributed by atoms with Crippen LogP contribution in [0.4, 0.5) is 21.6 Å². The summed E-state index contributed by atoms with van der Waals surface area (Å²) in [6.07, 6.45) is 5.34. The lowest BCUT2D eigenvalue weighted by Gasteiger charge is -2.22. The molecule has 0 aliphatic heterocycles. The largest absolute Gasteiger partial charge is 0.456 e. The summed E-state index contributed by atoms with van der Waals surface area (Å²) >= 11 is 0. The summed E-state index contributed by atoms with van der Waals surface area (Å²) < 4.78 is 71.2. The van der Waals surface area contributed by atoms with Gasteiger partial charge in [-0.25, -0.2) is 9.11 Å². The molecule has 2 aromatic carbocycles. The minimum atomic E-state index is -4.48. The monoisotopic (exact) mass is 544 g/mol. The lowest BCUT2D eigenvalue weighted by molar-refractivity contribution is 0.0941. The highest BCUT2D eigenvalue weighted by Gasteiger charge is 2.27. The molecule has 1 heterocycles. The first-order chi connectivity index (χ1) is 19.0. The van der Waals surface area contributed by atoms with Crippen molar-refractivity contribution in [2.75, 3.05) is 17.0 Å². The van der Waals surface area contributed by atoms with Crippen molar-refractivity contribution in [1.82, 2.24) is 14.6 Å². The normalized spacial score (nSPS) is 12.6. The molecule has 0 unspecified atom stereocenters. The first-order valence-electron chi connectivity index (χ1n) is 12.7. The van der Waals surface area contributed by atoms with Gasteiger partial charge in [0.15, 0.2) is 5.75 Å². The fourth-order valence-electron chi connectivity index (χ4n) is 3.49. The van der Waals surface area contributed by atoms with Crippen LogP contribution in [0.1, 0.15) is 39.4 Å². The Kier molecular flexibility index (Phi) is 7.19. The van der Waals surface area contributed by atoms with E-state index >= 15 is 0 Å². The number of anilines is 3. The number of nitrogens with zero attached hydrogens (tertiary/aromatic N) is 1. The van der Waals surface area contributed by atoms with E-state index in [0.29, 0.717) is 0 Å². The number of ether oxygens (including phenoxy) is 1. The van der Waals surface area contributed by atoms with E-state index in [1.807, 2.05) is 0 Å². The van der Waals surface area contributed by atoms with Crippen molar-refractivity contribution in [3.05, 3.63) is 75.3 Å². The second-order valence-electron chi connectivity index (χ2n) is 8.47. The third-order valence-corrected chi connectivity index (χ3v) is 6.01. The Labute approximate surface area is 224 Å². The summed E-state index contributed by atoms with van der Waals surface area (Å²) in [5, 5.41) is 5.53. The van der Waals surface area contributed by atoms with Crippen LogP contribution in [0.2, 0.25) is 0 Å². The van der Waals surface area contributed by atoms with E-state index in [1.54, 1.807) is 13.8 Å². The number of nitrogens with one attached hydrogen (secondary N) is 4. The zero-order valence-corrected chi connectivity index (χ0v) is 21.8. The number of carbonyl (C=O) groups is 1. The zero-order chi connectivity index (χ0) is 30.7. The first-order valence-corrected chi connectivity index (χ1v) is 12.7. The maximum Gasteiger partial charge on any atom is 0.298 e. The highest BCUT2D eigenvalue weighted by Crippen LogP contribution is 2.35. The number of carbonyl (C=O) groups excluding carboxylic acids is 1. The molecular formula is C26H28FN5O5S. The number of hydrogen-bond donors (Lipinski definition) is 4. The fraction of sp³-hybridized carbons (Fsp3) is 0.231. The molecule has 12 heteroatoms. The molecule has 0 saturated carbocycles. The van der Waals surface area contributed by atoms with Gasteiger partial charge >= 0.3 is 0 Å². The number of pyridine rings is 1. The van der Waals surface area contributed by atoms with Gasteiger partial charge in [0.1, 0.15) is 22.9 Å². The molecule has 38 heavy (non-hydrogen) atoms. The van der Waals surface area contributed by atoms with Gasteiger partial charge < -0.3 is 15.4 Å². The molecule has 0 fully saturated rings. The van der Waals surface area contributed by atoms with Crippen molar-refractivity contribution < 1.29 is 26.5 Å².